The molecule has 1 unspecified atom stereocenters. The van der Waals surface area contributed by atoms with E-state index < -0.39 is 0 Å². The highest BCUT2D eigenvalue weighted by Crippen LogP contribution is 2.37. The highest BCUT2D eigenvalue weighted by Gasteiger charge is 2.25. The Morgan fingerprint density at radius 3 is 2.38 bits per heavy atom. The predicted molar refractivity (Wildman–Crippen MR) is 62.4 cm³/mol. The largest absolute Gasteiger partial charge is 0.490 e. The fourth-order valence-electron chi connectivity index (χ4n) is 1.95. The van der Waals surface area contributed by atoms with Crippen LogP contribution < -0.4 is 4.74 Å². The number of aliphatic hydroxyl groups is 1. The van der Waals surface area contributed by atoms with Crippen LogP contribution in [0.1, 0.15) is 43.8 Å². The van der Waals surface area contributed by atoms with Gasteiger partial charge < -0.3 is 9.84 Å². The summed E-state index contributed by atoms with van der Waals surface area (Å²) in [4.78, 5) is 0. The summed E-state index contributed by atoms with van der Waals surface area (Å²) >= 11 is 0. The third kappa shape index (κ3) is 2.56. The number of ether oxygens (including phenoxy) is 1. The normalized spacial score (nSPS) is 21.8. The summed E-state index contributed by atoms with van der Waals surface area (Å²) in [6.45, 7) is 0. The molecule has 0 aromatic heterocycles. The Bertz CT molecular complexity index is 350. The lowest BCUT2D eigenvalue weighted by Gasteiger charge is -2.11. The lowest BCUT2D eigenvalue weighted by atomic mass is 10.0. The molecule has 0 bridgehead atoms. The van der Waals surface area contributed by atoms with Crippen molar-refractivity contribution in [3.8, 4) is 5.75 Å². The van der Waals surface area contributed by atoms with Crippen LogP contribution in [0.3, 0.4) is 0 Å². The quantitative estimate of drug-likeness (QED) is 0.823. The molecule has 2 aliphatic carbocycles. The zero-order valence-electron chi connectivity index (χ0n) is 9.43. The van der Waals surface area contributed by atoms with Gasteiger partial charge in [0.15, 0.2) is 0 Å². The Morgan fingerprint density at radius 2 is 1.81 bits per heavy atom. The smallest absolute Gasteiger partial charge is 0.119 e. The van der Waals surface area contributed by atoms with E-state index in [9.17, 15) is 5.11 Å². The van der Waals surface area contributed by atoms with E-state index in [0.29, 0.717) is 6.10 Å². The van der Waals surface area contributed by atoms with Gasteiger partial charge in [0.05, 0.1) is 12.2 Å². The molecular weight excluding hydrogens is 200 g/mol. The summed E-state index contributed by atoms with van der Waals surface area (Å²) in [6, 6.07) is 7.93. The minimum atomic E-state index is -0.289. The molecular formula is C14H18O2. The molecule has 2 saturated carbocycles. The molecule has 0 amide bonds. The predicted octanol–water partition coefficient (Wildman–Crippen LogP) is 3.06. The molecule has 0 saturated heterocycles. The molecule has 86 valence electrons. The Balaban J connectivity index is 1.60. The first kappa shape index (κ1) is 10.2. The summed E-state index contributed by atoms with van der Waals surface area (Å²) in [7, 11) is 0. The number of hydrogen-bond donors (Lipinski definition) is 1. The Kier molecular flexibility index (Phi) is 2.60. The van der Waals surface area contributed by atoms with Gasteiger partial charge in [-0.05, 0) is 42.9 Å². The first-order chi connectivity index (χ1) is 7.81. The van der Waals surface area contributed by atoms with Gasteiger partial charge in [0, 0.05) is 0 Å². The van der Waals surface area contributed by atoms with Gasteiger partial charge in [-0.1, -0.05) is 25.0 Å². The van der Waals surface area contributed by atoms with E-state index in [1.807, 2.05) is 24.3 Å². The average molecular weight is 218 g/mol. The molecule has 0 heterocycles. The van der Waals surface area contributed by atoms with Gasteiger partial charge in [0.25, 0.3) is 0 Å². The minimum Gasteiger partial charge on any atom is -0.490 e. The summed E-state index contributed by atoms with van der Waals surface area (Å²) in [5, 5.41) is 9.98. The van der Waals surface area contributed by atoms with E-state index in [-0.39, 0.29) is 6.10 Å². The van der Waals surface area contributed by atoms with E-state index in [1.54, 1.807) is 0 Å². The number of rotatable bonds is 5. The molecule has 2 heteroatoms. The van der Waals surface area contributed by atoms with E-state index in [0.717, 1.165) is 23.7 Å². The van der Waals surface area contributed by atoms with Crippen molar-refractivity contribution in [2.75, 3.05) is 0 Å². The molecule has 0 spiro atoms. The Morgan fingerprint density at radius 1 is 1.12 bits per heavy atom. The molecule has 2 fully saturated rings. The molecule has 1 aromatic rings. The van der Waals surface area contributed by atoms with Crippen LogP contribution in [0.4, 0.5) is 0 Å². The minimum absolute atomic E-state index is 0.289. The van der Waals surface area contributed by atoms with Gasteiger partial charge >= 0.3 is 0 Å². The standard InChI is InChI=1S/C14H18O2/c15-14(9-10-1-2-10)11-3-5-12(6-4-11)16-13-7-8-13/h3-6,10,13-15H,1-2,7-9H2. The highest BCUT2D eigenvalue weighted by molar-refractivity contribution is 5.29. The fraction of sp³-hybridized carbons (Fsp3) is 0.571. The lowest BCUT2D eigenvalue weighted by Crippen LogP contribution is -1.99. The molecule has 1 aromatic carbocycles. The topological polar surface area (TPSA) is 29.5 Å². The third-order valence-electron chi connectivity index (χ3n) is 3.35. The van der Waals surface area contributed by atoms with Crippen LogP contribution >= 0.6 is 0 Å². The van der Waals surface area contributed by atoms with Crippen molar-refractivity contribution in [2.24, 2.45) is 5.92 Å². The van der Waals surface area contributed by atoms with Crippen LogP contribution in [-0.4, -0.2) is 11.2 Å². The van der Waals surface area contributed by atoms with Crippen molar-refractivity contribution in [3.05, 3.63) is 29.8 Å². The second-order valence-electron chi connectivity index (χ2n) is 5.08. The lowest BCUT2D eigenvalue weighted by molar-refractivity contribution is 0.160. The van der Waals surface area contributed by atoms with Crippen molar-refractivity contribution >= 4 is 0 Å². The van der Waals surface area contributed by atoms with Crippen LogP contribution in [0.25, 0.3) is 0 Å². The molecule has 3 rings (SSSR count). The number of benzene rings is 1. The maximum atomic E-state index is 9.98. The monoisotopic (exact) mass is 218 g/mol. The zero-order chi connectivity index (χ0) is 11.0. The molecule has 1 atom stereocenters. The second-order valence-corrected chi connectivity index (χ2v) is 5.08. The summed E-state index contributed by atoms with van der Waals surface area (Å²) in [5.74, 6) is 1.70. The van der Waals surface area contributed by atoms with Crippen molar-refractivity contribution in [1.82, 2.24) is 0 Å². The first-order valence-electron chi connectivity index (χ1n) is 6.26. The zero-order valence-corrected chi connectivity index (χ0v) is 9.43. The molecule has 1 N–H and O–H groups in total. The van der Waals surface area contributed by atoms with Crippen molar-refractivity contribution in [2.45, 2.75) is 44.3 Å². The van der Waals surface area contributed by atoms with Gasteiger partial charge in [-0.25, -0.2) is 0 Å². The Hall–Kier alpha value is -1.02. The fourth-order valence-corrected chi connectivity index (χ4v) is 1.95. The molecule has 0 radical (unpaired) electrons. The first-order valence-corrected chi connectivity index (χ1v) is 6.26. The van der Waals surface area contributed by atoms with E-state index in [2.05, 4.69) is 0 Å². The van der Waals surface area contributed by atoms with Crippen molar-refractivity contribution < 1.29 is 9.84 Å². The van der Waals surface area contributed by atoms with Crippen LogP contribution in [0.15, 0.2) is 24.3 Å². The summed E-state index contributed by atoms with van der Waals surface area (Å²) in [6.07, 6.45) is 6.03. The maximum Gasteiger partial charge on any atom is 0.119 e. The third-order valence-corrected chi connectivity index (χ3v) is 3.35. The van der Waals surface area contributed by atoms with Crippen molar-refractivity contribution in [1.29, 1.82) is 0 Å². The summed E-state index contributed by atoms with van der Waals surface area (Å²) in [5.41, 5.74) is 1.02. The van der Waals surface area contributed by atoms with E-state index in [4.69, 9.17) is 4.74 Å². The highest BCUT2D eigenvalue weighted by atomic mass is 16.5. The molecule has 16 heavy (non-hydrogen) atoms. The summed E-state index contributed by atoms with van der Waals surface area (Å²) < 4.78 is 5.67. The van der Waals surface area contributed by atoms with Gasteiger partial charge in [0.1, 0.15) is 5.75 Å². The van der Waals surface area contributed by atoms with Crippen LogP contribution in [-0.2, 0) is 0 Å². The van der Waals surface area contributed by atoms with Crippen LogP contribution in [0, 0.1) is 5.92 Å². The average Bonchev–Trinajstić information content (AvgIpc) is 3.14. The molecule has 2 aliphatic rings. The maximum absolute atomic E-state index is 9.98. The van der Waals surface area contributed by atoms with Gasteiger partial charge in [0.2, 0.25) is 0 Å². The Labute approximate surface area is 96.2 Å². The number of hydrogen-bond acceptors (Lipinski definition) is 2. The molecule has 0 aliphatic heterocycles. The van der Waals surface area contributed by atoms with E-state index in [1.165, 1.54) is 25.7 Å². The van der Waals surface area contributed by atoms with Gasteiger partial charge in [-0.15, -0.1) is 0 Å². The van der Waals surface area contributed by atoms with Gasteiger partial charge in [-0.3, -0.25) is 0 Å². The van der Waals surface area contributed by atoms with Crippen molar-refractivity contribution in [3.63, 3.8) is 0 Å². The molecule has 2 nitrogen and oxygen atoms in total. The van der Waals surface area contributed by atoms with Crippen LogP contribution in [0.5, 0.6) is 5.75 Å². The number of aliphatic hydroxyl groups excluding tert-OH is 1. The van der Waals surface area contributed by atoms with E-state index >= 15 is 0 Å². The van der Waals surface area contributed by atoms with Crippen LogP contribution in [0.2, 0.25) is 0 Å². The second kappa shape index (κ2) is 4.10. The SMILES string of the molecule is OC(CC1CC1)c1ccc(OC2CC2)cc1. The van der Waals surface area contributed by atoms with Gasteiger partial charge in [-0.2, -0.15) is 0 Å².